The summed E-state index contributed by atoms with van der Waals surface area (Å²) in [7, 11) is 0. The number of hydrogen-bond acceptors (Lipinski definition) is 3. The van der Waals surface area contributed by atoms with Gasteiger partial charge in [-0.25, -0.2) is 0 Å². The molecule has 0 radical (unpaired) electrons. The van der Waals surface area contributed by atoms with Crippen molar-refractivity contribution < 1.29 is 49.0 Å². The third kappa shape index (κ3) is 6.82. The normalized spacial score (nSPS) is 18.0. The van der Waals surface area contributed by atoms with Gasteiger partial charge in [-0.05, 0) is 0 Å². The van der Waals surface area contributed by atoms with E-state index in [1.165, 1.54) is 0 Å². The van der Waals surface area contributed by atoms with Crippen molar-refractivity contribution >= 4 is 5.91 Å². The van der Waals surface area contributed by atoms with Gasteiger partial charge >= 0.3 is 23.9 Å². The summed E-state index contributed by atoms with van der Waals surface area (Å²) in [5.74, 6) is -18.7. The molecule has 13 heteroatoms. The topological polar surface area (TPSA) is 41.6 Å². The molecule has 0 aromatic rings. The molecule has 0 bridgehead atoms. The van der Waals surface area contributed by atoms with Gasteiger partial charge in [-0.2, -0.15) is 39.5 Å². The molecular formula is C13H17F9N2O2. The fraction of sp³-hybridized carbons (Fsp3) is 0.923. The second-order valence-electron chi connectivity index (χ2n) is 5.79. The average Bonchev–Trinajstić information content (AvgIpc) is 2.44. The first-order valence-corrected chi connectivity index (χ1v) is 7.45. The van der Waals surface area contributed by atoms with Gasteiger partial charge < -0.3 is 10.1 Å². The molecule has 1 aliphatic rings. The van der Waals surface area contributed by atoms with Crippen molar-refractivity contribution in [2.75, 3.05) is 39.4 Å². The Bertz CT molecular complexity index is 477. The molecule has 154 valence electrons. The summed E-state index contributed by atoms with van der Waals surface area (Å²) in [5, 5.41) is 1.62. The fourth-order valence-corrected chi connectivity index (χ4v) is 2.15. The molecule has 4 nitrogen and oxygen atoms in total. The Hall–Kier alpha value is -1.24. The number of hydrogen-bond donors (Lipinski definition) is 1. The Kier molecular flexibility index (Phi) is 7.18. The maximum absolute atomic E-state index is 13.5. The highest BCUT2D eigenvalue weighted by Crippen LogP contribution is 2.47. The molecule has 26 heavy (non-hydrogen) atoms. The number of alkyl halides is 9. The van der Waals surface area contributed by atoms with Crippen LogP contribution < -0.4 is 5.32 Å². The molecule has 1 saturated heterocycles. The van der Waals surface area contributed by atoms with Crippen molar-refractivity contribution in [3.05, 3.63) is 0 Å². The maximum Gasteiger partial charge on any atom is 0.395 e. The van der Waals surface area contributed by atoms with E-state index in [4.69, 9.17) is 4.74 Å². The van der Waals surface area contributed by atoms with E-state index in [-0.39, 0.29) is 13.1 Å². The Morgan fingerprint density at radius 3 is 1.88 bits per heavy atom. The predicted octanol–water partition coefficient (Wildman–Crippen LogP) is 2.68. The summed E-state index contributed by atoms with van der Waals surface area (Å²) in [4.78, 5) is 13.0. The lowest BCUT2D eigenvalue weighted by Gasteiger charge is -2.30. The first kappa shape index (κ1) is 22.8. The van der Waals surface area contributed by atoms with Crippen molar-refractivity contribution in [2.45, 2.75) is 36.8 Å². The Labute approximate surface area is 142 Å². The molecule has 1 fully saturated rings. The van der Waals surface area contributed by atoms with Gasteiger partial charge in [-0.1, -0.05) is 0 Å². The number of ether oxygens (including phenoxy) is 1. The Morgan fingerprint density at radius 1 is 0.885 bits per heavy atom. The molecule has 0 aliphatic carbocycles. The largest absolute Gasteiger partial charge is 0.395 e. The highest BCUT2D eigenvalue weighted by Gasteiger charge is 2.65. The van der Waals surface area contributed by atoms with E-state index in [0.29, 0.717) is 26.3 Å². The first-order chi connectivity index (χ1) is 11.7. The van der Waals surface area contributed by atoms with Crippen molar-refractivity contribution in [3.63, 3.8) is 0 Å². The summed E-state index contributed by atoms with van der Waals surface area (Å²) in [6, 6.07) is 0. The number of morpholine rings is 1. The molecule has 0 aromatic heterocycles. The number of halogens is 9. The first-order valence-electron chi connectivity index (χ1n) is 7.45. The summed E-state index contributed by atoms with van der Waals surface area (Å²) >= 11 is 0. The monoisotopic (exact) mass is 404 g/mol. The number of nitrogens with one attached hydrogen (secondary N) is 1. The van der Waals surface area contributed by atoms with Gasteiger partial charge in [0.1, 0.15) is 6.42 Å². The van der Waals surface area contributed by atoms with E-state index in [1.807, 2.05) is 0 Å². The number of rotatable bonds is 8. The van der Waals surface area contributed by atoms with Crippen molar-refractivity contribution in [3.8, 4) is 0 Å². The number of nitrogens with zero attached hydrogens (tertiary/aromatic N) is 1. The summed E-state index contributed by atoms with van der Waals surface area (Å²) in [5.41, 5.74) is 0. The molecule has 0 unspecified atom stereocenters. The summed E-state index contributed by atoms with van der Waals surface area (Å²) in [6.45, 7) is 1.38. The molecule has 0 atom stereocenters. The minimum Gasteiger partial charge on any atom is -0.379 e. The Balaban J connectivity index is 2.59. The molecule has 1 rings (SSSR count). The van der Waals surface area contributed by atoms with Crippen LogP contribution in [-0.4, -0.2) is 74.1 Å². The quantitative estimate of drug-likeness (QED) is 0.633. The van der Waals surface area contributed by atoms with Crippen molar-refractivity contribution in [1.29, 1.82) is 0 Å². The molecule has 1 heterocycles. The average molecular weight is 404 g/mol. The zero-order valence-corrected chi connectivity index (χ0v) is 13.3. The maximum atomic E-state index is 13.5. The van der Waals surface area contributed by atoms with Gasteiger partial charge in [0.25, 0.3) is 5.91 Å². The van der Waals surface area contributed by atoms with Gasteiger partial charge in [-0.3, -0.25) is 9.69 Å². The zero-order valence-electron chi connectivity index (χ0n) is 13.3. The van der Waals surface area contributed by atoms with E-state index >= 15 is 0 Å². The van der Waals surface area contributed by atoms with E-state index in [0.717, 1.165) is 0 Å². The van der Waals surface area contributed by atoms with Crippen LogP contribution in [0.5, 0.6) is 0 Å². The van der Waals surface area contributed by atoms with Gasteiger partial charge in [0, 0.05) is 26.2 Å². The van der Waals surface area contributed by atoms with Gasteiger partial charge in [0.15, 0.2) is 0 Å². The molecule has 0 spiro atoms. The number of carbonyl (C=O) groups excluding carboxylic acids is 1. The standard InChI is InChI=1S/C13H17F9N2O2/c14-10(15,7-11(16,17)12(18,19)8-13(20,21)22)9(25)23-1-2-24-3-5-26-6-4-24/h1-8H2,(H,23,25). The zero-order chi connectivity index (χ0) is 20.2. The minimum atomic E-state index is -5.78. The predicted molar refractivity (Wildman–Crippen MR) is 70.4 cm³/mol. The lowest BCUT2D eigenvalue weighted by Crippen LogP contribution is -2.52. The number of amides is 1. The third-order valence-corrected chi connectivity index (χ3v) is 3.55. The van der Waals surface area contributed by atoms with E-state index in [1.54, 1.807) is 10.2 Å². The SMILES string of the molecule is O=C(NCCN1CCOCC1)C(F)(F)CC(F)(F)C(F)(F)CC(F)(F)F. The Morgan fingerprint density at radius 2 is 1.38 bits per heavy atom. The summed E-state index contributed by atoms with van der Waals surface area (Å²) in [6.07, 6.45) is -12.0. The van der Waals surface area contributed by atoms with Crippen LogP contribution in [0.4, 0.5) is 39.5 Å². The van der Waals surface area contributed by atoms with E-state index in [9.17, 15) is 44.3 Å². The van der Waals surface area contributed by atoms with Gasteiger partial charge in [0.2, 0.25) is 0 Å². The van der Waals surface area contributed by atoms with Crippen LogP contribution in [-0.2, 0) is 9.53 Å². The third-order valence-electron chi connectivity index (χ3n) is 3.55. The van der Waals surface area contributed by atoms with E-state index < -0.39 is 42.7 Å². The molecule has 1 aliphatic heterocycles. The molecule has 1 N–H and O–H groups in total. The number of carbonyl (C=O) groups is 1. The second kappa shape index (κ2) is 8.19. The minimum absolute atomic E-state index is 0.0891. The van der Waals surface area contributed by atoms with Crippen molar-refractivity contribution in [1.82, 2.24) is 10.2 Å². The van der Waals surface area contributed by atoms with Crippen LogP contribution in [0.1, 0.15) is 12.8 Å². The smallest absolute Gasteiger partial charge is 0.379 e. The highest BCUT2D eigenvalue weighted by molar-refractivity contribution is 5.83. The summed E-state index contributed by atoms with van der Waals surface area (Å²) < 4.78 is 120. The van der Waals surface area contributed by atoms with Crippen LogP contribution in [0.3, 0.4) is 0 Å². The fourth-order valence-electron chi connectivity index (χ4n) is 2.15. The van der Waals surface area contributed by atoms with Crippen LogP contribution in [0.2, 0.25) is 0 Å². The second-order valence-corrected chi connectivity index (χ2v) is 5.79. The van der Waals surface area contributed by atoms with Gasteiger partial charge in [0.05, 0.1) is 19.6 Å². The lowest BCUT2D eigenvalue weighted by molar-refractivity contribution is -0.277. The molecule has 0 aromatic carbocycles. The molecular weight excluding hydrogens is 387 g/mol. The van der Waals surface area contributed by atoms with Crippen LogP contribution in [0.15, 0.2) is 0 Å². The van der Waals surface area contributed by atoms with E-state index in [2.05, 4.69) is 0 Å². The van der Waals surface area contributed by atoms with Crippen LogP contribution >= 0.6 is 0 Å². The highest BCUT2D eigenvalue weighted by atomic mass is 19.4. The molecule has 1 amide bonds. The lowest BCUT2D eigenvalue weighted by atomic mass is 10.0. The van der Waals surface area contributed by atoms with Gasteiger partial charge in [-0.15, -0.1) is 0 Å². The van der Waals surface area contributed by atoms with Crippen LogP contribution in [0, 0.1) is 0 Å². The molecule has 0 saturated carbocycles. The van der Waals surface area contributed by atoms with Crippen LogP contribution in [0.25, 0.3) is 0 Å². The van der Waals surface area contributed by atoms with Crippen molar-refractivity contribution in [2.24, 2.45) is 0 Å².